The van der Waals surface area contributed by atoms with E-state index in [0.717, 1.165) is 18.9 Å². The fourth-order valence-electron chi connectivity index (χ4n) is 3.04. The Hall–Kier alpha value is -0.610. The quantitative estimate of drug-likeness (QED) is 0.735. The molecule has 0 spiro atoms. The molecule has 1 unspecified atom stereocenters. The van der Waals surface area contributed by atoms with Gasteiger partial charge in [0.2, 0.25) is 5.91 Å². The Balaban J connectivity index is 1.71. The first kappa shape index (κ1) is 14.8. The SMILES string of the molecule is CC1CCC(N(C)CCC(NC2CC2)C(N)=O)CC1. The fraction of sp³-hybridized carbons (Fsp3) is 0.933. The number of rotatable bonds is 7. The zero-order valence-corrected chi connectivity index (χ0v) is 12.4. The van der Waals surface area contributed by atoms with E-state index < -0.39 is 0 Å². The molecule has 1 atom stereocenters. The van der Waals surface area contributed by atoms with Crippen molar-refractivity contribution in [2.45, 2.75) is 70.0 Å². The number of carbonyl (C=O) groups is 1. The third-order valence-electron chi connectivity index (χ3n) is 4.74. The minimum absolute atomic E-state index is 0.141. The number of hydrogen-bond acceptors (Lipinski definition) is 3. The van der Waals surface area contributed by atoms with Gasteiger partial charge in [-0.05, 0) is 57.9 Å². The molecule has 0 radical (unpaired) electrons. The Bertz CT molecular complexity index is 296. The van der Waals surface area contributed by atoms with Gasteiger partial charge in [-0.3, -0.25) is 4.79 Å². The molecule has 0 bridgehead atoms. The standard InChI is InChI=1S/C15H29N3O/c1-11-3-7-13(8-4-11)18(2)10-9-14(15(16)19)17-12-5-6-12/h11-14,17H,3-10H2,1-2H3,(H2,16,19). The predicted octanol–water partition coefficient (Wildman–Crippen LogP) is 1.49. The van der Waals surface area contributed by atoms with Crippen molar-refractivity contribution < 1.29 is 4.79 Å². The van der Waals surface area contributed by atoms with Crippen molar-refractivity contribution in [3.8, 4) is 0 Å². The molecule has 19 heavy (non-hydrogen) atoms. The summed E-state index contributed by atoms with van der Waals surface area (Å²) in [6.07, 6.45) is 8.52. The van der Waals surface area contributed by atoms with Gasteiger partial charge in [-0.25, -0.2) is 0 Å². The molecule has 0 aromatic rings. The molecule has 2 saturated carbocycles. The van der Waals surface area contributed by atoms with E-state index in [1.807, 2.05) is 0 Å². The van der Waals surface area contributed by atoms with Crippen LogP contribution in [-0.4, -0.2) is 42.5 Å². The summed E-state index contributed by atoms with van der Waals surface area (Å²) < 4.78 is 0. The molecule has 0 aromatic carbocycles. The van der Waals surface area contributed by atoms with Crippen LogP contribution in [0.3, 0.4) is 0 Å². The van der Waals surface area contributed by atoms with Crippen LogP contribution in [0.2, 0.25) is 0 Å². The minimum Gasteiger partial charge on any atom is -0.368 e. The molecule has 110 valence electrons. The smallest absolute Gasteiger partial charge is 0.234 e. The summed E-state index contributed by atoms with van der Waals surface area (Å²) in [5.41, 5.74) is 5.48. The Kier molecular flexibility index (Phi) is 5.22. The summed E-state index contributed by atoms with van der Waals surface area (Å²) in [7, 11) is 2.19. The van der Waals surface area contributed by atoms with Crippen molar-refractivity contribution in [1.29, 1.82) is 0 Å². The largest absolute Gasteiger partial charge is 0.368 e. The second-order valence-electron chi connectivity index (χ2n) is 6.58. The topological polar surface area (TPSA) is 58.4 Å². The Morgan fingerprint density at radius 1 is 1.26 bits per heavy atom. The van der Waals surface area contributed by atoms with Crippen LogP contribution in [0.25, 0.3) is 0 Å². The molecule has 0 heterocycles. The van der Waals surface area contributed by atoms with Crippen LogP contribution in [0.15, 0.2) is 0 Å². The van der Waals surface area contributed by atoms with Crippen molar-refractivity contribution in [2.24, 2.45) is 11.7 Å². The molecule has 2 aliphatic carbocycles. The second-order valence-corrected chi connectivity index (χ2v) is 6.58. The van der Waals surface area contributed by atoms with Gasteiger partial charge in [0.15, 0.2) is 0 Å². The maximum Gasteiger partial charge on any atom is 0.234 e. The van der Waals surface area contributed by atoms with E-state index in [-0.39, 0.29) is 11.9 Å². The van der Waals surface area contributed by atoms with Crippen molar-refractivity contribution in [2.75, 3.05) is 13.6 Å². The molecule has 2 aliphatic rings. The Morgan fingerprint density at radius 3 is 2.42 bits per heavy atom. The molecular weight excluding hydrogens is 238 g/mol. The molecular formula is C15H29N3O. The van der Waals surface area contributed by atoms with Gasteiger partial charge in [-0.2, -0.15) is 0 Å². The zero-order valence-electron chi connectivity index (χ0n) is 12.4. The summed E-state index contributed by atoms with van der Waals surface area (Å²) in [6.45, 7) is 3.31. The van der Waals surface area contributed by atoms with Crippen molar-refractivity contribution in [1.82, 2.24) is 10.2 Å². The lowest BCUT2D eigenvalue weighted by Crippen LogP contribution is -2.45. The normalized spacial score (nSPS) is 29.4. The van der Waals surface area contributed by atoms with Gasteiger partial charge < -0.3 is 16.0 Å². The third kappa shape index (κ3) is 4.77. The van der Waals surface area contributed by atoms with Crippen molar-refractivity contribution in [3.05, 3.63) is 0 Å². The summed E-state index contributed by atoms with van der Waals surface area (Å²) in [5.74, 6) is 0.692. The molecule has 2 rings (SSSR count). The molecule has 1 amide bonds. The summed E-state index contributed by atoms with van der Waals surface area (Å²) in [4.78, 5) is 13.9. The Morgan fingerprint density at radius 2 is 1.89 bits per heavy atom. The summed E-state index contributed by atoms with van der Waals surface area (Å²) in [6, 6.07) is 1.10. The van der Waals surface area contributed by atoms with Gasteiger partial charge in [0.05, 0.1) is 6.04 Å². The van der Waals surface area contributed by atoms with E-state index in [9.17, 15) is 4.79 Å². The van der Waals surface area contributed by atoms with Crippen LogP contribution in [0.5, 0.6) is 0 Å². The minimum atomic E-state index is -0.197. The van der Waals surface area contributed by atoms with Gasteiger partial charge in [0.1, 0.15) is 0 Å². The van der Waals surface area contributed by atoms with Crippen LogP contribution in [0.1, 0.15) is 51.9 Å². The molecule has 2 fully saturated rings. The first-order valence-corrected chi connectivity index (χ1v) is 7.82. The van der Waals surface area contributed by atoms with E-state index in [4.69, 9.17) is 5.73 Å². The summed E-state index contributed by atoms with van der Waals surface area (Å²) >= 11 is 0. The van der Waals surface area contributed by atoms with Gasteiger partial charge in [0, 0.05) is 18.6 Å². The molecule has 4 heteroatoms. The molecule has 0 saturated heterocycles. The predicted molar refractivity (Wildman–Crippen MR) is 77.8 cm³/mol. The average molecular weight is 267 g/mol. The van der Waals surface area contributed by atoms with Gasteiger partial charge in [-0.1, -0.05) is 6.92 Å². The van der Waals surface area contributed by atoms with Crippen LogP contribution in [0.4, 0.5) is 0 Å². The highest BCUT2D eigenvalue weighted by Gasteiger charge is 2.28. The molecule has 0 aromatic heterocycles. The summed E-state index contributed by atoms with van der Waals surface area (Å²) in [5, 5.41) is 3.35. The number of hydrogen-bond donors (Lipinski definition) is 2. The number of nitrogens with two attached hydrogens (primary N) is 1. The zero-order chi connectivity index (χ0) is 13.8. The number of amides is 1. The van der Waals surface area contributed by atoms with Crippen LogP contribution in [0, 0.1) is 5.92 Å². The van der Waals surface area contributed by atoms with Crippen molar-refractivity contribution >= 4 is 5.91 Å². The Labute approximate surface area is 117 Å². The molecule has 4 nitrogen and oxygen atoms in total. The first-order chi connectivity index (χ1) is 9.06. The molecule has 3 N–H and O–H groups in total. The highest BCUT2D eigenvalue weighted by atomic mass is 16.1. The van der Waals surface area contributed by atoms with Crippen LogP contribution < -0.4 is 11.1 Å². The maximum atomic E-state index is 11.4. The van der Waals surface area contributed by atoms with Crippen LogP contribution in [-0.2, 0) is 4.79 Å². The van der Waals surface area contributed by atoms with E-state index >= 15 is 0 Å². The molecule has 0 aliphatic heterocycles. The van der Waals surface area contributed by atoms with E-state index in [2.05, 4.69) is 24.2 Å². The van der Waals surface area contributed by atoms with Gasteiger partial charge >= 0.3 is 0 Å². The second kappa shape index (κ2) is 6.71. The average Bonchev–Trinajstić information content (AvgIpc) is 3.18. The highest BCUT2D eigenvalue weighted by molar-refractivity contribution is 5.79. The lowest BCUT2D eigenvalue weighted by molar-refractivity contribution is -0.120. The first-order valence-electron chi connectivity index (χ1n) is 7.82. The van der Waals surface area contributed by atoms with Gasteiger partial charge in [0.25, 0.3) is 0 Å². The maximum absolute atomic E-state index is 11.4. The number of nitrogens with zero attached hydrogens (tertiary/aromatic N) is 1. The fourth-order valence-corrected chi connectivity index (χ4v) is 3.04. The number of primary amides is 1. The lowest BCUT2D eigenvalue weighted by Gasteiger charge is -2.34. The third-order valence-corrected chi connectivity index (χ3v) is 4.74. The number of nitrogens with one attached hydrogen (secondary N) is 1. The van der Waals surface area contributed by atoms with Crippen molar-refractivity contribution in [3.63, 3.8) is 0 Å². The van der Waals surface area contributed by atoms with Crippen LogP contribution >= 0.6 is 0 Å². The van der Waals surface area contributed by atoms with E-state index in [1.54, 1.807) is 0 Å². The highest BCUT2D eigenvalue weighted by Crippen LogP contribution is 2.26. The van der Waals surface area contributed by atoms with E-state index in [1.165, 1.54) is 38.5 Å². The lowest BCUT2D eigenvalue weighted by atomic mass is 9.86. The van der Waals surface area contributed by atoms with E-state index in [0.29, 0.717) is 12.1 Å². The van der Waals surface area contributed by atoms with Gasteiger partial charge in [-0.15, -0.1) is 0 Å². The monoisotopic (exact) mass is 267 g/mol. The number of carbonyl (C=O) groups excluding carboxylic acids is 1.